The van der Waals surface area contributed by atoms with Crippen LogP contribution in [0, 0.1) is 0 Å². The van der Waals surface area contributed by atoms with Gasteiger partial charge in [0.1, 0.15) is 0 Å². The summed E-state index contributed by atoms with van der Waals surface area (Å²) >= 11 is 5.31. The number of unbranched alkanes of at least 4 members (excludes halogenated alkanes) is 1. The molecule has 2 nitrogen and oxygen atoms in total. The van der Waals surface area contributed by atoms with Crippen molar-refractivity contribution in [3.05, 3.63) is 0 Å². The average molecular weight is 136 g/mol. The van der Waals surface area contributed by atoms with E-state index >= 15 is 0 Å². The van der Waals surface area contributed by atoms with Gasteiger partial charge in [-0.3, -0.25) is 9.21 Å². The molecule has 0 saturated heterocycles. The van der Waals surface area contributed by atoms with Gasteiger partial charge in [-0.2, -0.15) is 0 Å². The molecule has 48 valence electrons. The van der Waals surface area contributed by atoms with Crippen LogP contribution in [0.2, 0.25) is 0 Å². The summed E-state index contributed by atoms with van der Waals surface area (Å²) in [6.07, 6.45) is 2.66. The van der Waals surface area contributed by atoms with Crippen molar-refractivity contribution in [1.29, 1.82) is 0 Å². The standard InChI is InChI=1S/C5H10ClNO/c1-2-3-4-7(6)5-8/h5H,2-4H2,1H3. The van der Waals surface area contributed by atoms with E-state index in [-0.39, 0.29) is 0 Å². The van der Waals surface area contributed by atoms with Gasteiger partial charge in [0.15, 0.2) is 0 Å². The molecular weight excluding hydrogens is 126 g/mol. The Hall–Kier alpha value is -0.240. The Morgan fingerprint density at radius 1 is 1.75 bits per heavy atom. The Morgan fingerprint density at radius 2 is 2.38 bits per heavy atom. The smallest absolute Gasteiger partial charge is 0.224 e. The fourth-order valence-corrected chi connectivity index (χ4v) is 0.481. The zero-order valence-corrected chi connectivity index (χ0v) is 5.69. The van der Waals surface area contributed by atoms with Gasteiger partial charge in [0.2, 0.25) is 6.41 Å². The van der Waals surface area contributed by atoms with Gasteiger partial charge in [0.25, 0.3) is 0 Å². The molecule has 0 fully saturated rings. The van der Waals surface area contributed by atoms with Crippen LogP contribution >= 0.6 is 11.8 Å². The van der Waals surface area contributed by atoms with Crippen molar-refractivity contribution in [2.75, 3.05) is 6.54 Å². The van der Waals surface area contributed by atoms with Crippen LogP contribution in [0.1, 0.15) is 19.8 Å². The third-order valence-electron chi connectivity index (χ3n) is 0.840. The summed E-state index contributed by atoms with van der Waals surface area (Å²) in [5.74, 6) is 0. The monoisotopic (exact) mass is 135 g/mol. The third-order valence-corrected chi connectivity index (χ3v) is 1.09. The third kappa shape index (κ3) is 3.93. The van der Waals surface area contributed by atoms with E-state index in [0.717, 1.165) is 17.3 Å². The van der Waals surface area contributed by atoms with Crippen molar-refractivity contribution < 1.29 is 4.79 Å². The highest BCUT2D eigenvalue weighted by atomic mass is 35.5. The van der Waals surface area contributed by atoms with Crippen LogP contribution in [0.15, 0.2) is 0 Å². The molecule has 0 atom stereocenters. The molecule has 0 rings (SSSR count). The second-order valence-electron chi connectivity index (χ2n) is 1.58. The van der Waals surface area contributed by atoms with Crippen molar-refractivity contribution in [3.8, 4) is 0 Å². The number of hydrogen-bond donors (Lipinski definition) is 0. The number of halogens is 1. The van der Waals surface area contributed by atoms with E-state index in [1.807, 2.05) is 0 Å². The first-order valence-electron chi connectivity index (χ1n) is 2.69. The van der Waals surface area contributed by atoms with E-state index < -0.39 is 0 Å². The highest BCUT2D eigenvalue weighted by Gasteiger charge is 1.91. The van der Waals surface area contributed by atoms with Crippen molar-refractivity contribution >= 4 is 18.2 Å². The van der Waals surface area contributed by atoms with Gasteiger partial charge in [0.05, 0.1) is 0 Å². The first kappa shape index (κ1) is 7.76. The predicted molar refractivity (Wildman–Crippen MR) is 33.5 cm³/mol. The summed E-state index contributed by atoms with van der Waals surface area (Å²) in [7, 11) is 0. The Kier molecular flexibility index (Phi) is 4.76. The van der Waals surface area contributed by atoms with Crippen LogP contribution in [0.5, 0.6) is 0 Å². The van der Waals surface area contributed by atoms with Crippen LogP contribution < -0.4 is 0 Å². The van der Waals surface area contributed by atoms with E-state index in [2.05, 4.69) is 6.92 Å². The largest absolute Gasteiger partial charge is 0.277 e. The van der Waals surface area contributed by atoms with Crippen molar-refractivity contribution in [2.24, 2.45) is 0 Å². The van der Waals surface area contributed by atoms with Crippen LogP contribution in [0.4, 0.5) is 0 Å². The average Bonchev–Trinajstić information content (AvgIpc) is 1.83. The molecule has 0 radical (unpaired) electrons. The van der Waals surface area contributed by atoms with Gasteiger partial charge in [-0.15, -0.1) is 0 Å². The summed E-state index contributed by atoms with van der Waals surface area (Å²) in [5, 5.41) is 0. The molecule has 0 spiro atoms. The summed E-state index contributed by atoms with van der Waals surface area (Å²) in [4.78, 5) is 9.80. The van der Waals surface area contributed by atoms with E-state index in [9.17, 15) is 4.79 Å². The van der Waals surface area contributed by atoms with E-state index in [4.69, 9.17) is 11.8 Å². The zero-order chi connectivity index (χ0) is 6.41. The van der Waals surface area contributed by atoms with Crippen molar-refractivity contribution in [2.45, 2.75) is 19.8 Å². The van der Waals surface area contributed by atoms with E-state index in [1.54, 1.807) is 0 Å². The predicted octanol–water partition coefficient (Wildman–Crippen LogP) is 1.40. The summed E-state index contributed by atoms with van der Waals surface area (Å²) in [6, 6.07) is 0. The molecule has 0 N–H and O–H groups in total. The SMILES string of the molecule is CCCCN(Cl)C=O. The highest BCUT2D eigenvalue weighted by molar-refractivity contribution is 6.18. The Bertz CT molecular complexity index is 67.4. The van der Waals surface area contributed by atoms with E-state index in [1.165, 1.54) is 0 Å². The van der Waals surface area contributed by atoms with Gasteiger partial charge in [-0.05, 0) is 6.42 Å². The van der Waals surface area contributed by atoms with Crippen LogP contribution in [-0.2, 0) is 4.79 Å². The van der Waals surface area contributed by atoms with Crippen LogP contribution in [-0.4, -0.2) is 17.4 Å². The lowest BCUT2D eigenvalue weighted by Crippen LogP contribution is -2.09. The number of carbonyl (C=O) groups is 1. The Labute approximate surface area is 54.5 Å². The lowest BCUT2D eigenvalue weighted by Gasteiger charge is -2.03. The molecule has 0 aromatic carbocycles. The van der Waals surface area contributed by atoms with Crippen LogP contribution in [0.25, 0.3) is 0 Å². The Morgan fingerprint density at radius 3 is 2.75 bits per heavy atom. The first-order chi connectivity index (χ1) is 3.81. The fraction of sp³-hybridized carbons (Fsp3) is 0.800. The van der Waals surface area contributed by atoms with Gasteiger partial charge in [-0.1, -0.05) is 13.3 Å². The van der Waals surface area contributed by atoms with E-state index in [0.29, 0.717) is 13.0 Å². The quantitative estimate of drug-likeness (QED) is 0.422. The number of amides is 1. The highest BCUT2D eigenvalue weighted by Crippen LogP contribution is 1.93. The maximum absolute atomic E-state index is 9.80. The number of nitrogens with zero attached hydrogens (tertiary/aromatic N) is 1. The van der Waals surface area contributed by atoms with Crippen LogP contribution in [0.3, 0.4) is 0 Å². The molecule has 8 heavy (non-hydrogen) atoms. The second kappa shape index (κ2) is 4.91. The molecule has 0 unspecified atom stereocenters. The lowest BCUT2D eigenvalue weighted by molar-refractivity contribution is -0.114. The second-order valence-corrected chi connectivity index (χ2v) is 2.02. The minimum absolute atomic E-state index is 0.622. The molecule has 3 heteroatoms. The van der Waals surface area contributed by atoms with Gasteiger partial charge < -0.3 is 0 Å². The molecule has 0 heterocycles. The lowest BCUT2D eigenvalue weighted by atomic mass is 10.3. The molecular formula is C5H10ClNO. The molecule has 0 aliphatic carbocycles. The minimum atomic E-state index is 0.622. The molecule has 0 aromatic rings. The number of carbonyl (C=O) groups excluding carboxylic acids is 1. The zero-order valence-electron chi connectivity index (χ0n) is 4.93. The molecule has 0 aromatic heterocycles. The molecule has 0 aliphatic rings. The molecule has 1 amide bonds. The summed E-state index contributed by atoms with van der Waals surface area (Å²) < 4.78 is 1.13. The fourth-order valence-electron chi connectivity index (χ4n) is 0.362. The summed E-state index contributed by atoms with van der Waals surface area (Å²) in [5.41, 5.74) is 0. The topological polar surface area (TPSA) is 20.3 Å². The molecule has 0 bridgehead atoms. The first-order valence-corrected chi connectivity index (χ1v) is 3.02. The summed E-state index contributed by atoms with van der Waals surface area (Å²) in [6.45, 7) is 2.71. The minimum Gasteiger partial charge on any atom is -0.277 e. The van der Waals surface area contributed by atoms with Gasteiger partial charge >= 0.3 is 0 Å². The number of rotatable bonds is 4. The van der Waals surface area contributed by atoms with Gasteiger partial charge in [-0.25, -0.2) is 0 Å². The van der Waals surface area contributed by atoms with Crippen molar-refractivity contribution in [3.63, 3.8) is 0 Å². The maximum Gasteiger partial charge on any atom is 0.224 e. The molecule has 0 saturated carbocycles. The molecule has 0 aliphatic heterocycles. The number of hydrogen-bond acceptors (Lipinski definition) is 1. The Balaban J connectivity index is 2.98. The normalized spacial score (nSPS) is 8.75. The van der Waals surface area contributed by atoms with Gasteiger partial charge in [0, 0.05) is 18.3 Å². The van der Waals surface area contributed by atoms with Crippen molar-refractivity contribution in [1.82, 2.24) is 4.42 Å². The maximum atomic E-state index is 9.80.